The summed E-state index contributed by atoms with van der Waals surface area (Å²) in [5.74, 6) is 2.25. The summed E-state index contributed by atoms with van der Waals surface area (Å²) in [5, 5.41) is 9.03. The number of nitrogens with one attached hydrogen (secondary N) is 3. The van der Waals surface area contributed by atoms with Gasteiger partial charge in [0.15, 0.2) is 0 Å². The molecule has 4 unspecified atom stereocenters. The zero-order valence-corrected chi connectivity index (χ0v) is 16.5. The molecule has 1 saturated carbocycles. The van der Waals surface area contributed by atoms with E-state index in [9.17, 15) is 4.79 Å². The Morgan fingerprint density at radius 1 is 1.07 bits per heavy atom. The number of nitrogens with zero attached hydrogens (tertiary/aromatic N) is 1. The Morgan fingerprint density at radius 2 is 1.86 bits per heavy atom. The maximum atomic E-state index is 12.6. The number of piperidine rings is 1. The van der Waals surface area contributed by atoms with Crippen molar-refractivity contribution in [1.82, 2.24) is 21.1 Å². The van der Waals surface area contributed by atoms with E-state index in [4.69, 9.17) is 4.74 Å². The number of ether oxygens (including phenoxy) is 1. The maximum Gasteiger partial charge on any atom is 0.247 e. The molecule has 2 saturated heterocycles. The molecule has 0 aromatic heterocycles. The largest absolute Gasteiger partial charge is 0.497 e. The topological polar surface area (TPSA) is 65.6 Å². The van der Waals surface area contributed by atoms with Gasteiger partial charge in [-0.15, -0.1) is 0 Å². The zero-order chi connectivity index (χ0) is 19.1. The van der Waals surface area contributed by atoms with Crippen molar-refractivity contribution in [3.63, 3.8) is 0 Å². The highest BCUT2D eigenvalue weighted by molar-refractivity contribution is 5.89. The fourth-order valence-electron chi connectivity index (χ4n) is 5.70. The first-order valence-corrected chi connectivity index (χ1v) is 10.7. The van der Waals surface area contributed by atoms with Crippen LogP contribution in [0.4, 0.5) is 0 Å². The van der Waals surface area contributed by atoms with E-state index in [1.807, 2.05) is 6.08 Å². The molecule has 0 spiro atoms. The highest BCUT2D eigenvalue weighted by Crippen LogP contribution is 2.46. The number of carbonyl (C=O) groups excluding carboxylic acids is 1. The van der Waals surface area contributed by atoms with E-state index in [1.54, 1.807) is 7.11 Å². The second-order valence-electron chi connectivity index (χ2n) is 8.54. The van der Waals surface area contributed by atoms with Crippen LogP contribution in [0.5, 0.6) is 5.75 Å². The summed E-state index contributed by atoms with van der Waals surface area (Å²) in [6.45, 7) is 2.06. The van der Waals surface area contributed by atoms with Crippen LogP contribution in [0.3, 0.4) is 0 Å². The molecule has 1 aromatic rings. The molecule has 3 N–H and O–H groups in total. The van der Waals surface area contributed by atoms with E-state index in [0.29, 0.717) is 23.8 Å². The smallest absolute Gasteiger partial charge is 0.247 e. The van der Waals surface area contributed by atoms with Crippen LogP contribution in [-0.2, 0) is 4.79 Å². The predicted octanol–water partition coefficient (Wildman–Crippen LogP) is 2.11. The van der Waals surface area contributed by atoms with Crippen LogP contribution in [-0.4, -0.2) is 43.3 Å². The fourth-order valence-corrected chi connectivity index (χ4v) is 5.70. The molecule has 4 atom stereocenters. The second-order valence-corrected chi connectivity index (χ2v) is 8.54. The predicted molar refractivity (Wildman–Crippen MR) is 107 cm³/mol. The van der Waals surface area contributed by atoms with E-state index in [2.05, 4.69) is 45.3 Å². The van der Waals surface area contributed by atoms with Gasteiger partial charge >= 0.3 is 0 Å². The molecule has 6 nitrogen and oxygen atoms in total. The van der Waals surface area contributed by atoms with E-state index in [0.717, 1.165) is 31.7 Å². The monoisotopic (exact) mass is 382 g/mol. The van der Waals surface area contributed by atoms with Gasteiger partial charge in [-0.05, 0) is 62.4 Å². The van der Waals surface area contributed by atoms with Gasteiger partial charge in [-0.25, -0.2) is 5.43 Å². The Hall–Kier alpha value is -2.05. The number of carbonyl (C=O) groups is 1. The molecule has 0 radical (unpaired) electrons. The minimum absolute atomic E-state index is 0.0415. The Balaban J connectivity index is 1.44. The molecule has 150 valence electrons. The molecule has 1 amide bonds. The lowest BCUT2D eigenvalue weighted by Gasteiger charge is -2.40. The first-order chi connectivity index (χ1) is 13.7. The Bertz CT molecular complexity index is 756. The van der Waals surface area contributed by atoms with E-state index < -0.39 is 0 Å². The number of hydrogen-bond acceptors (Lipinski definition) is 5. The standard InChI is InChI=1S/C22H30N4O2/c1-28-16-7-5-14(6-8-16)17-3-2-4-18-21(17)22-24-20(27)13-19(26(22)25-18)15-9-11-23-12-10-15/h5-8,13,15,17-18,21-23,25H,2-4,9-12H2,1H3,(H,24,27). The molecule has 3 fully saturated rings. The number of allylic oxidation sites excluding steroid dienone is 1. The lowest BCUT2D eigenvalue weighted by Crippen LogP contribution is -2.54. The van der Waals surface area contributed by atoms with Gasteiger partial charge in [-0.2, -0.15) is 0 Å². The number of hydrogen-bond donors (Lipinski definition) is 3. The van der Waals surface area contributed by atoms with Crippen molar-refractivity contribution in [2.24, 2.45) is 11.8 Å². The van der Waals surface area contributed by atoms with Crippen LogP contribution in [0.25, 0.3) is 0 Å². The molecule has 3 aliphatic heterocycles. The third-order valence-electron chi connectivity index (χ3n) is 7.06. The van der Waals surface area contributed by atoms with Crippen LogP contribution >= 0.6 is 0 Å². The van der Waals surface area contributed by atoms with Crippen LogP contribution in [0.1, 0.15) is 43.6 Å². The van der Waals surface area contributed by atoms with Crippen molar-refractivity contribution in [3.05, 3.63) is 41.6 Å². The van der Waals surface area contributed by atoms with Crippen molar-refractivity contribution in [1.29, 1.82) is 0 Å². The molecule has 5 rings (SSSR count). The van der Waals surface area contributed by atoms with E-state index >= 15 is 0 Å². The summed E-state index contributed by atoms with van der Waals surface area (Å²) >= 11 is 0. The summed E-state index contributed by atoms with van der Waals surface area (Å²) in [4.78, 5) is 12.6. The average Bonchev–Trinajstić information content (AvgIpc) is 3.12. The molecular formula is C22H30N4O2. The summed E-state index contributed by atoms with van der Waals surface area (Å²) < 4.78 is 5.33. The van der Waals surface area contributed by atoms with Gasteiger partial charge in [0, 0.05) is 29.7 Å². The van der Waals surface area contributed by atoms with Crippen molar-refractivity contribution >= 4 is 5.91 Å². The summed E-state index contributed by atoms with van der Waals surface area (Å²) in [6.07, 6.45) is 7.62. The first kappa shape index (κ1) is 18.0. The molecule has 0 bridgehead atoms. The Morgan fingerprint density at radius 3 is 2.61 bits per heavy atom. The van der Waals surface area contributed by atoms with E-state index in [1.165, 1.54) is 30.5 Å². The minimum Gasteiger partial charge on any atom is -0.497 e. The third-order valence-corrected chi connectivity index (χ3v) is 7.06. The lowest BCUT2D eigenvalue weighted by molar-refractivity contribution is -0.120. The lowest BCUT2D eigenvalue weighted by atomic mass is 9.72. The van der Waals surface area contributed by atoms with Gasteiger partial charge in [0.1, 0.15) is 11.9 Å². The van der Waals surface area contributed by atoms with Crippen LogP contribution < -0.4 is 20.8 Å². The fraction of sp³-hybridized carbons (Fsp3) is 0.591. The highest BCUT2D eigenvalue weighted by Gasteiger charge is 2.50. The van der Waals surface area contributed by atoms with Gasteiger partial charge in [-0.1, -0.05) is 18.6 Å². The molecule has 4 aliphatic rings. The van der Waals surface area contributed by atoms with Crippen LogP contribution in [0.15, 0.2) is 36.0 Å². The molecule has 28 heavy (non-hydrogen) atoms. The quantitative estimate of drug-likeness (QED) is 0.747. The number of amides is 1. The number of benzene rings is 1. The summed E-state index contributed by atoms with van der Waals surface area (Å²) in [5.41, 5.74) is 6.34. The molecule has 6 heteroatoms. The first-order valence-electron chi connectivity index (χ1n) is 10.7. The zero-order valence-electron chi connectivity index (χ0n) is 16.5. The SMILES string of the molecule is COc1ccc(C2CCCC3NN4C(C5CCNCC5)=CC(=O)NC4C32)cc1. The number of hydrazine groups is 1. The number of fused-ring (bicyclic) bond motifs is 3. The normalized spacial score (nSPS) is 33.0. The van der Waals surface area contributed by atoms with Gasteiger partial charge in [0.25, 0.3) is 0 Å². The van der Waals surface area contributed by atoms with Gasteiger partial charge in [-0.3, -0.25) is 9.80 Å². The van der Waals surface area contributed by atoms with Crippen molar-refractivity contribution < 1.29 is 9.53 Å². The van der Waals surface area contributed by atoms with Crippen LogP contribution in [0, 0.1) is 11.8 Å². The Labute approximate surface area is 166 Å². The minimum atomic E-state index is 0.0415. The average molecular weight is 383 g/mol. The van der Waals surface area contributed by atoms with Gasteiger partial charge in [0.05, 0.1) is 7.11 Å². The van der Waals surface area contributed by atoms with Crippen molar-refractivity contribution in [2.45, 2.75) is 50.2 Å². The maximum absolute atomic E-state index is 12.6. The van der Waals surface area contributed by atoms with Crippen LogP contribution in [0.2, 0.25) is 0 Å². The van der Waals surface area contributed by atoms with E-state index in [-0.39, 0.29) is 12.1 Å². The molecule has 3 heterocycles. The van der Waals surface area contributed by atoms with Crippen molar-refractivity contribution in [3.8, 4) is 5.75 Å². The summed E-state index contributed by atoms with van der Waals surface area (Å²) in [7, 11) is 1.70. The van der Waals surface area contributed by atoms with Gasteiger partial charge in [0.2, 0.25) is 5.91 Å². The molecule has 1 aliphatic carbocycles. The third kappa shape index (κ3) is 3.08. The number of rotatable bonds is 3. The molecular weight excluding hydrogens is 352 g/mol. The second kappa shape index (κ2) is 7.41. The highest BCUT2D eigenvalue weighted by atomic mass is 16.5. The van der Waals surface area contributed by atoms with Gasteiger partial charge < -0.3 is 15.4 Å². The van der Waals surface area contributed by atoms with Crippen molar-refractivity contribution in [2.75, 3.05) is 20.2 Å². The summed E-state index contributed by atoms with van der Waals surface area (Å²) in [6, 6.07) is 8.91. The molecule has 1 aromatic carbocycles. The number of methoxy groups -OCH3 is 1. The Kier molecular flexibility index (Phi) is 4.77.